The van der Waals surface area contributed by atoms with E-state index < -0.39 is 0 Å². The van der Waals surface area contributed by atoms with Crippen LogP contribution in [0.5, 0.6) is 0 Å². The quantitative estimate of drug-likeness (QED) is 0.665. The van der Waals surface area contributed by atoms with E-state index in [1.807, 2.05) is 0 Å². The monoisotopic (exact) mass is 283 g/mol. The number of rotatable bonds is 5. The molecule has 0 saturated heterocycles. The summed E-state index contributed by atoms with van der Waals surface area (Å²) >= 11 is 3.42. The Labute approximate surface area is 105 Å². The first-order chi connectivity index (χ1) is 7.90. The van der Waals surface area contributed by atoms with E-state index in [2.05, 4.69) is 37.3 Å². The predicted octanol–water partition coefficient (Wildman–Crippen LogP) is 3.33. The first-order valence-electron chi connectivity index (χ1n) is 6.02. The molecule has 4 heteroatoms. The van der Waals surface area contributed by atoms with Crippen LogP contribution in [0.2, 0.25) is 0 Å². The second-order valence-corrected chi connectivity index (χ2v) is 5.07. The Balaban J connectivity index is 1.95. The van der Waals surface area contributed by atoms with Crippen molar-refractivity contribution in [2.24, 2.45) is 0 Å². The van der Waals surface area contributed by atoms with Gasteiger partial charge in [0.2, 0.25) is 0 Å². The van der Waals surface area contributed by atoms with Gasteiger partial charge in [-0.3, -0.25) is 0 Å². The standard InChI is InChI=1S/C12H18BrN3/c13-6-3-7-14-12-8-11(15-9-16-12)10-4-1-2-5-10/h8-10H,1-7H2,(H,14,15,16). The fraction of sp³-hybridized carbons (Fsp3) is 0.667. The summed E-state index contributed by atoms with van der Waals surface area (Å²) in [5.74, 6) is 1.64. The van der Waals surface area contributed by atoms with Gasteiger partial charge in [0, 0.05) is 29.6 Å². The summed E-state index contributed by atoms with van der Waals surface area (Å²) < 4.78 is 0. The Morgan fingerprint density at radius 1 is 1.31 bits per heavy atom. The molecule has 88 valence electrons. The van der Waals surface area contributed by atoms with E-state index in [1.54, 1.807) is 6.33 Å². The molecular formula is C12H18BrN3. The zero-order valence-electron chi connectivity index (χ0n) is 9.45. The molecule has 3 nitrogen and oxygen atoms in total. The molecule has 1 saturated carbocycles. The smallest absolute Gasteiger partial charge is 0.129 e. The third-order valence-electron chi connectivity index (χ3n) is 3.08. The van der Waals surface area contributed by atoms with Crippen LogP contribution in [0.4, 0.5) is 5.82 Å². The largest absolute Gasteiger partial charge is 0.370 e. The Morgan fingerprint density at radius 3 is 2.88 bits per heavy atom. The highest BCUT2D eigenvalue weighted by molar-refractivity contribution is 9.09. The number of hydrogen-bond donors (Lipinski definition) is 1. The van der Waals surface area contributed by atoms with Gasteiger partial charge in [-0.1, -0.05) is 28.8 Å². The molecule has 0 unspecified atom stereocenters. The molecule has 16 heavy (non-hydrogen) atoms. The average Bonchev–Trinajstić information content (AvgIpc) is 2.83. The lowest BCUT2D eigenvalue weighted by Crippen LogP contribution is -2.06. The minimum Gasteiger partial charge on any atom is -0.370 e. The summed E-state index contributed by atoms with van der Waals surface area (Å²) in [6.07, 6.45) is 8.07. The van der Waals surface area contributed by atoms with Crippen LogP contribution in [0.3, 0.4) is 0 Å². The molecule has 0 bridgehead atoms. The van der Waals surface area contributed by atoms with Gasteiger partial charge in [0.05, 0.1) is 0 Å². The van der Waals surface area contributed by atoms with E-state index in [0.29, 0.717) is 5.92 Å². The molecule has 0 spiro atoms. The SMILES string of the molecule is BrCCCNc1cc(C2CCCC2)ncn1. The topological polar surface area (TPSA) is 37.8 Å². The maximum absolute atomic E-state index is 4.39. The van der Waals surface area contributed by atoms with Crippen molar-refractivity contribution in [2.45, 2.75) is 38.0 Å². The number of anilines is 1. The van der Waals surface area contributed by atoms with Crippen molar-refractivity contribution in [1.29, 1.82) is 0 Å². The lowest BCUT2D eigenvalue weighted by Gasteiger charge is -2.10. The van der Waals surface area contributed by atoms with Crippen molar-refractivity contribution in [3.05, 3.63) is 18.1 Å². The number of halogens is 1. The molecule has 0 radical (unpaired) electrons. The molecule has 1 N–H and O–H groups in total. The maximum Gasteiger partial charge on any atom is 0.129 e. The molecule has 1 heterocycles. The number of hydrogen-bond acceptors (Lipinski definition) is 3. The molecule has 1 aromatic rings. The van der Waals surface area contributed by atoms with Crippen molar-refractivity contribution >= 4 is 21.7 Å². The van der Waals surface area contributed by atoms with Crippen LogP contribution in [0, 0.1) is 0 Å². The molecule has 0 aromatic carbocycles. The average molecular weight is 284 g/mol. The van der Waals surface area contributed by atoms with Crippen LogP contribution >= 0.6 is 15.9 Å². The van der Waals surface area contributed by atoms with E-state index in [4.69, 9.17) is 0 Å². The third-order valence-corrected chi connectivity index (χ3v) is 3.64. The molecule has 1 aliphatic carbocycles. The summed E-state index contributed by atoms with van der Waals surface area (Å²) in [5, 5.41) is 4.36. The molecular weight excluding hydrogens is 266 g/mol. The van der Waals surface area contributed by atoms with Crippen molar-refractivity contribution < 1.29 is 0 Å². The molecule has 0 aliphatic heterocycles. The van der Waals surface area contributed by atoms with Gasteiger partial charge in [-0.15, -0.1) is 0 Å². The van der Waals surface area contributed by atoms with Crippen LogP contribution in [-0.2, 0) is 0 Å². The Hall–Kier alpha value is -0.640. The van der Waals surface area contributed by atoms with Crippen LogP contribution in [0.1, 0.15) is 43.7 Å². The van der Waals surface area contributed by atoms with Crippen LogP contribution < -0.4 is 5.32 Å². The van der Waals surface area contributed by atoms with Gasteiger partial charge in [0.25, 0.3) is 0 Å². The molecule has 2 rings (SSSR count). The predicted molar refractivity (Wildman–Crippen MR) is 70.1 cm³/mol. The van der Waals surface area contributed by atoms with Gasteiger partial charge < -0.3 is 5.32 Å². The lowest BCUT2D eigenvalue weighted by atomic mass is 10.0. The van der Waals surface area contributed by atoms with E-state index in [1.165, 1.54) is 31.4 Å². The van der Waals surface area contributed by atoms with Crippen molar-refractivity contribution in [2.75, 3.05) is 17.2 Å². The highest BCUT2D eigenvalue weighted by Crippen LogP contribution is 2.33. The van der Waals surface area contributed by atoms with Gasteiger partial charge in [-0.25, -0.2) is 9.97 Å². The Bertz CT molecular complexity index is 324. The second kappa shape index (κ2) is 6.18. The molecule has 1 fully saturated rings. The highest BCUT2D eigenvalue weighted by Gasteiger charge is 2.18. The second-order valence-electron chi connectivity index (χ2n) is 4.28. The first kappa shape index (κ1) is 11.8. The fourth-order valence-corrected chi connectivity index (χ4v) is 2.48. The third kappa shape index (κ3) is 3.17. The molecule has 1 aliphatic rings. The van der Waals surface area contributed by atoms with Crippen LogP contribution in [0.25, 0.3) is 0 Å². The minimum atomic E-state index is 0.666. The van der Waals surface area contributed by atoms with Crippen molar-refractivity contribution in [1.82, 2.24) is 9.97 Å². The summed E-state index contributed by atoms with van der Waals surface area (Å²) in [6, 6.07) is 2.12. The van der Waals surface area contributed by atoms with E-state index in [0.717, 1.165) is 24.1 Å². The Kier molecular flexibility index (Phi) is 4.57. The van der Waals surface area contributed by atoms with Crippen LogP contribution in [-0.4, -0.2) is 21.8 Å². The summed E-state index contributed by atoms with van der Waals surface area (Å²) in [7, 11) is 0. The zero-order chi connectivity index (χ0) is 11.2. The molecule has 1 aromatic heterocycles. The number of nitrogens with zero attached hydrogens (tertiary/aromatic N) is 2. The van der Waals surface area contributed by atoms with Crippen LogP contribution in [0.15, 0.2) is 12.4 Å². The molecule has 0 amide bonds. The van der Waals surface area contributed by atoms with E-state index in [-0.39, 0.29) is 0 Å². The van der Waals surface area contributed by atoms with Crippen molar-refractivity contribution in [3.8, 4) is 0 Å². The maximum atomic E-state index is 4.39. The zero-order valence-corrected chi connectivity index (χ0v) is 11.0. The normalized spacial score (nSPS) is 16.6. The van der Waals surface area contributed by atoms with E-state index >= 15 is 0 Å². The van der Waals surface area contributed by atoms with Gasteiger partial charge in [-0.05, 0) is 19.3 Å². The number of alkyl halides is 1. The highest BCUT2D eigenvalue weighted by atomic mass is 79.9. The summed E-state index contributed by atoms with van der Waals surface area (Å²) in [6.45, 7) is 0.965. The lowest BCUT2D eigenvalue weighted by molar-refractivity contribution is 0.694. The fourth-order valence-electron chi connectivity index (χ4n) is 2.20. The minimum absolute atomic E-state index is 0.666. The van der Waals surface area contributed by atoms with Gasteiger partial charge >= 0.3 is 0 Å². The van der Waals surface area contributed by atoms with Crippen molar-refractivity contribution in [3.63, 3.8) is 0 Å². The van der Waals surface area contributed by atoms with Gasteiger partial charge in [0.1, 0.15) is 12.1 Å². The Morgan fingerprint density at radius 2 is 2.12 bits per heavy atom. The van der Waals surface area contributed by atoms with Gasteiger partial charge in [0.15, 0.2) is 0 Å². The van der Waals surface area contributed by atoms with E-state index in [9.17, 15) is 0 Å². The summed E-state index contributed by atoms with van der Waals surface area (Å²) in [4.78, 5) is 8.63. The number of nitrogens with one attached hydrogen (secondary N) is 1. The first-order valence-corrected chi connectivity index (χ1v) is 7.14. The number of aromatic nitrogens is 2. The molecule has 0 atom stereocenters. The van der Waals surface area contributed by atoms with Gasteiger partial charge in [-0.2, -0.15) is 0 Å². The summed E-state index contributed by atoms with van der Waals surface area (Å²) in [5.41, 5.74) is 1.22.